The summed E-state index contributed by atoms with van der Waals surface area (Å²) in [6.07, 6.45) is -0.416. The quantitative estimate of drug-likeness (QED) is 0.695. The number of hydrogen-bond donors (Lipinski definition) is 3. The van der Waals surface area contributed by atoms with Crippen LogP contribution in [0.25, 0.3) is 0 Å². The van der Waals surface area contributed by atoms with Gasteiger partial charge in [0, 0.05) is 25.1 Å². The fraction of sp³-hybridized carbons (Fsp3) is 0.846. The predicted molar refractivity (Wildman–Crippen MR) is 69.1 cm³/mol. The van der Waals surface area contributed by atoms with E-state index in [-0.39, 0.29) is 18.1 Å². The molecule has 0 aromatic heterocycles. The van der Waals surface area contributed by atoms with Crippen LogP contribution in [0.1, 0.15) is 25.7 Å². The topological polar surface area (TPSA) is 87.7 Å². The third-order valence-corrected chi connectivity index (χ3v) is 3.88. The SMILES string of the molecule is O=C(N[C@@H]1CN[C@@H]2CCCO[C@@H]21)C1CC1.O=C(O)C(F)(F)F. The van der Waals surface area contributed by atoms with Crippen LogP contribution in [0.15, 0.2) is 0 Å². The Morgan fingerprint density at radius 3 is 2.41 bits per heavy atom. The van der Waals surface area contributed by atoms with Crippen LogP contribution >= 0.6 is 0 Å². The molecule has 2 heterocycles. The molecule has 3 fully saturated rings. The van der Waals surface area contributed by atoms with Crippen molar-refractivity contribution in [3.05, 3.63) is 0 Å². The second-order valence-corrected chi connectivity index (χ2v) is 5.68. The highest BCUT2D eigenvalue weighted by molar-refractivity contribution is 5.81. The van der Waals surface area contributed by atoms with Gasteiger partial charge >= 0.3 is 12.1 Å². The van der Waals surface area contributed by atoms with Crippen LogP contribution in [-0.4, -0.2) is 54.5 Å². The van der Waals surface area contributed by atoms with E-state index in [1.807, 2.05) is 0 Å². The van der Waals surface area contributed by atoms with Gasteiger partial charge in [-0.2, -0.15) is 13.2 Å². The average Bonchev–Trinajstić information content (AvgIpc) is 3.22. The van der Waals surface area contributed by atoms with Crippen LogP contribution < -0.4 is 10.6 Å². The smallest absolute Gasteiger partial charge is 0.475 e. The summed E-state index contributed by atoms with van der Waals surface area (Å²) < 4.78 is 37.5. The lowest BCUT2D eigenvalue weighted by Crippen LogP contribution is -2.47. The summed E-state index contributed by atoms with van der Waals surface area (Å²) in [5.74, 6) is -2.23. The summed E-state index contributed by atoms with van der Waals surface area (Å²) in [6, 6.07) is 0.659. The number of halogens is 3. The summed E-state index contributed by atoms with van der Waals surface area (Å²) in [4.78, 5) is 20.5. The Morgan fingerprint density at radius 1 is 1.23 bits per heavy atom. The van der Waals surface area contributed by atoms with E-state index in [2.05, 4.69) is 10.6 Å². The molecule has 126 valence electrons. The van der Waals surface area contributed by atoms with Gasteiger partial charge in [0.1, 0.15) is 0 Å². The van der Waals surface area contributed by atoms with Gasteiger partial charge < -0.3 is 20.5 Å². The van der Waals surface area contributed by atoms with Crippen molar-refractivity contribution >= 4 is 11.9 Å². The molecule has 2 saturated heterocycles. The van der Waals surface area contributed by atoms with Crippen LogP contribution in [0, 0.1) is 5.92 Å². The molecular weight excluding hydrogens is 305 g/mol. The highest BCUT2D eigenvalue weighted by Gasteiger charge is 2.41. The molecule has 3 atom stereocenters. The minimum absolute atomic E-state index is 0.198. The molecule has 0 unspecified atom stereocenters. The maximum absolute atomic E-state index is 11.6. The Balaban J connectivity index is 0.000000217. The lowest BCUT2D eigenvalue weighted by atomic mass is 10.0. The number of hydrogen-bond acceptors (Lipinski definition) is 4. The maximum Gasteiger partial charge on any atom is 0.490 e. The van der Waals surface area contributed by atoms with E-state index in [0.717, 1.165) is 32.4 Å². The molecular formula is C13H19F3N2O4. The Morgan fingerprint density at radius 2 is 1.86 bits per heavy atom. The molecule has 2 aliphatic heterocycles. The van der Waals surface area contributed by atoms with Gasteiger partial charge in [-0.25, -0.2) is 4.79 Å². The summed E-state index contributed by atoms with van der Waals surface area (Å²) in [5, 5.41) is 13.7. The first-order chi connectivity index (χ1) is 10.3. The summed E-state index contributed by atoms with van der Waals surface area (Å²) in [6.45, 7) is 1.71. The number of aliphatic carboxylic acids is 1. The van der Waals surface area contributed by atoms with E-state index < -0.39 is 12.1 Å². The molecule has 22 heavy (non-hydrogen) atoms. The standard InChI is InChI=1S/C11H18N2O2.C2HF3O2/c14-11(7-3-4-7)13-9-6-12-8-2-1-5-15-10(8)9;3-2(4,5)1(6)7/h7-10,12H,1-6H2,(H,13,14);(H,6,7)/t8-,9-,10+;/m1./s1. The fourth-order valence-electron chi connectivity index (χ4n) is 2.59. The number of carbonyl (C=O) groups is 2. The zero-order chi connectivity index (χ0) is 16.3. The van der Waals surface area contributed by atoms with Crippen LogP contribution in [-0.2, 0) is 14.3 Å². The minimum Gasteiger partial charge on any atom is -0.475 e. The normalized spacial score (nSPS) is 30.8. The van der Waals surface area contributed by atoms with E-state index >= 15 is 0 Å². The van der Waals surface area contributed by atoms with E-state index in [1.165, 1.54) is 6.42 Å². The van der Waals surface area contributed by atoms with Gasteiger partial charge in [-0.1, -0.05) is 0 Å². The molecule has 0 aromatic carbocycles. The molecule has 1 saturated carbocycles. The third-order valence-electron chi connectivity index (χ3n) is 3.88. The first kappa shape index (κ1) is 17.0. The zero-order valence-corrected chi connectivity index (χ0v) is 11.9. The van der Waals surface area contributed by atoms with Gasteiger partial charge in [0.25, 0.3) is 0 Å². The van der Waals surface area contributed by atoms with Crippen molar-refractivity contribution in [1.29, 1.82) is 0 Å². The zero-order valence-electron chi connectivity index (χ0n) is 11.9. The van der Waals surface area contributed by atoms with Crippen LogP contribution in [0.2, 0.25) is 0 Å². The van der Waals surface area contributed by atoms with E-state index in [1.54, 1.807) is 0 Å². The number of fused-ring (bicyclic) bond motifs is 1. The largest absolute Gasteiger partial charge is 0.490 e. The first-order valence-corrected chi connectivity index (χ1v) is 7.24. The molecule has 0 spiro atoms. The highest BCUT2D eigenvalue weighted by atomic mass is 19.4. The molecule has 3 aliphatic rings. The summed E-state index contributed by atoms with van der Waals surface area (Å²) in [7, 11) is 0. The molecule has 0 radical (unpaired) electrons. The number of carboxylic acids is 1. The third kappa shape index (κ3) is 4.57. The molecule has 3 N–H and O–H groups in total. The Kier molecular flexibility index (Phi) is 5.28. The Bertz CT molecular complexity index is 426. The summed E-state index contributed by atoms with van der Waals surface area (Å²) in [5.41, 5.74) is 0. The monoisotopic (exact) mass is 324 g/mol. The summed E-state index contributed by atoms with van der Waals surface area (Å²) >= 11 is 0. The Hall–Kier alpha value is -1.35. The first-order valence-electron chi connectivity index (χ1n) is 7.24. The fourth-order valence-corrected chi connectivity index (χ4v) is 2.59. The van der Waals surface area contributed by atoms with Gasteiger partial charge in [-0.05, 0) is 25.7 Å². The predicted octanol–water partition coefficient (Wildman–Crippen LogP) is 0.665. The lowest BCUT2D eigenvalue weighted by molar-refractivity contribution is -0.192. The van der Waals surface area contributed by atoms with Gasteiger partial charge in [-0.3, -0.25) is 4.79 Å². The molecule has 6 nitrogen and oxygen atoms in total. The second-order valence-electron chi connectivity index (χ2n) is 5.68. The molecule has 9 heteroatoms. The van der Waals surface area contributed by atoms with Crippen molar-refractivity contribution in [3.63, 3.8) is 0 Å². The highest BCUT2D eigenvalue weighted by Crippen LogP contribution is 2.30. The Labute approximate surface area is 125 Å². The number of alkyl halides is 3. The van der Waals surface area contributed by atoms with Crippen molar-refractivity contribution < 1.29 is 32.6 Å². The molecule has 1 aliphatic carbocycles. The lowest BCUT2D eigenvalue weighted by Gasteiger charge is -2.29. The van der Waals surface area contributed by atoms with Crippen LogP contribution in [0.5, 0.6) is 0 Å². The van der Waals surface area contributed by atoms with Gasteiger partial charge in [0.2, 0.25) is 5.91 Å². The van der Waals surface area contributed by atoms with Crippen molar-refractivity contribution in [2.45, 2.75) is 50.0 Å². The molecule has 3 rings (SSSR count). The van der Waals surface area contributed by atoms with Crippen molar-refractivity contribution in [1.82, 2.24) is 10.6 Å². The van der Waals surface area contributed by atoms with E-state index in [0.29, 0.717) is 12.0 Å². The number of carboxylic acid groups (broad SMARTS) is 1. The molecule has 0 aromatic rings. The molecule has 0 bridgehead atoms. The number of rotatable bonds is 2. The average molecular weight is 324 g/mol. The van der Waals surface area contributed by atoms with Gasteiger partial charge in [-0.15, -0.1) is 0 Å². The van der Waals surface area contributed by atoms with Crippen molar-refractivity contribution in [2.75, 3.05) is 13.2 Å². The van der Waals surface area contributed by atoms with E-state index in [9.17, 15) is 18.0 Å². The number of amides is 1. The van der Waals surface area contributed by atoms with Crippen molar-refractivity contribution in [2.24, 2.45) is 5.92 Å². The minimum atomic E-state index is -5.08. The number of nitrogens with one attached hydrogen (secondary N) is 2. The van der Waals surface area contributed by atoms with Crippen molar-refractivity contribution in [3.8, 4) is 0 Å². The van der Waals surface area contributed by atoms with Gasteiger partial charge in [0.05, 0.1) is 12.1 Å². The second kappa shape index (κ2) is 6.82. The number of carbonyl (C=O) groups excluding carboxylic acids is 1. The van der Waals surface area contributed by atoms with Crippen LogP contribution in [0.4, 0.5) is 13.2 Å². The van der Waals surface area contributed by atoms with Gasteiger partial charge in [0.15, 0.2) is 0 Å². The number of ether oxygens (including phenoxy) is 1. The maximum atomic E-state index is 11.6. The molecule has 1 amide bonds. The van der Waals surface area contributed by atoms with Crippen LogP contribution in [0.3, 0.4) is 0 Å². The van der Waals surface area contributed by atoms with E-state index in [4.69, 9.17) is 14.6 Å².